The molecule has 1 aliphatic rings. The molecule has 0 saturated carbocycles. The minimum Gasteiger partial charge on any atom is -0.390 e. The zero-order valence-electron chi connectivity index (χ0n) is 19.6. The molecule has 1 saturated heterocycles. The van der Waals surface area contributed by atoms with Crippen LogP contribution in [0.1, 0.15) is 12.0 Å². The standard InChI is InChI=1S/C24H21F3N6O4S/c25-24(26,27)16-3-6-21(28-11-16)32-19-7-8-33(12-20(19)34)38(36,37)17-4-1-14(2-5-17)15-9-18-22(29-10-15)30-13-31-23(18)35/h1-6,9-11,13,19-20,34H,7-8,12H2,(H,28,32)(H,29,30,31,35)/t19-,20+/m1/s1. The van der Waals surface area contributed by atoms with E-state index in [-0.39, 0.29) is 35.8 Å². The maximum absolute atomic E-state index is 13.2. The molecule has 38 heavy (non-hydrogen) atoms. The third-order valence-corrected chi connectivity index (χ3v) is 8.17. The Morgan fingerprint density at radius 1 is 1.03 bits per heavy atom. The summed E-state index contributed by atoms with van der Waals surface area (Å²) in [6.07, 6.45) is -1.91. The van der Waals surface area contributed by atoms with Crippen LogP contribution in [-0.2, 0) is 16.2 Å². The molecule has 1 fully saturated rings. The van der Waals surface area contributed by atoms with E-state index in [0.29, 0.717) is 28.4 Å². The maximum atomic E-state index is 13.2. The van der Waals surface area contributed by atoms with Crippen molar-refractivity contribution in [2.75, 3.05) is 18.4 Å². The molecule has 0 spiro atoms. The monoisotopic (exact) mass is 546 g/mol. The van der Waals surface area contributed by atoms with Gasteiger partial charge in [-0.2, -0.15) is 17.5 Å². The average molecular weight is 547 g/mol. The lowest BCUT2D eigenvalue weighted by atomic mass is 10.0. The molecule has 1 aliphatic heterocycles. The highest BCUT2D eigenvalue weighted by atomic mass is 32.2. The van der Waals surface area contributed by atoms with Gasteiger partial charge in [0, 0.05) is 31.0 Å². The average Bonchev–Trinajstić information content (AvgIpc) is 2.90. The van der Waals surface area contributed by atoms with Gasteiger partial charge in [0.05, 0.1) is 34.3 Å². The molecule has 0 unspecified atom stereocenters. The third kappa shape index (κ3) is 5.10. The van der Waals surface area contributed by atoms with E-state index in [4.69, 9.17) is 0 Å². The summed E-state index contributed by atoms with van der Waals surface area (Å²) in [5, 5.41) is 13.8. The molecule has 0 aliphatic carbocycles. The molecule has 0 bridgehead atoms. The van der Waals surface area contributed by atoms with Gasteiger partial charge in [-0.25, -0.2) is 23.4 Å². The van der Waals surface area contributed by atoms with Crippen molar-refractivity contribution < 1.29 is 26.7 Å². The van der Waals surface area contributed by atoms with Gasteiger partial charge in [0.1, 0.15) is 5.82 Å². The summed E-state index contributed by atoms with van der Waals surface area (Å²) in [5.41, 5.74) is 0.321. The number of aromatic nitrogens is 4. The fourth-order valence-electron chi connectivity index (χ4n) is 4.21. The highest BCUT2D eigenvalue weighted by Crippen LogP contribution is 2.30. The maximum Gasteiger partial charge on any atom is 0.417 e. The lowest BCUT2D eigenvalue weighted by Gasteiger charge is -2.35. The minimum absolute atomic E-state index is 0.0255. The molecule has 0 radical (unpaired) electrons. The number of H-pyrrole nitrogens is 1. The molecule has 4 aromatic rings. The minimum atomic E-state index is -4.51. The van der Waals surface area contributed by atoms with Crippen LogP contribution in [0, 0.1) is 0 Å². The first-order chi connectivity index (χ1) is 18.0. The summed E-state index contributed by atoms with van der Waals surface area (Å²) in [6, 6.07) is 9.15. The van der Waals surface area contributed by atoms with E-state index in [1.165, 1.54) is 24.7 Å². The van der Waals surface area contributed by atoms with Crippen LogP contribution < -0.4 is 10.9 Å². The molecule has 3 aromatic heterocycles. The zero-order valence-corrected chi connectivity index (χ0v) is 20.4. The number of alkyl halides is 3. The lowest BCUT2D eigenvalue weighted by Crippen LogP contribution is -2.51. The second-order valence-electron chi connectivity index (χ2n) is 8.75. The van der Waals surface area contributed by atoms with Crippen molar-refractivity contribution in [1.82, 2.24) is 24.2 Å². The van der Waals surface area contributed by atoms with Gasteiger partial charge < -0.3 is 15.4 Å². The molecule has 3 N–H and O–H groups in total. The van der Waals surface area contributed by atoms with Crippen LogP contribution in [-0.4, -0.2) is 63.0 Å². The molecule has 2 atom stereocenters. The lowest BCUT2D eigenvalue weighted by molar-refractivity contribution is -0.137. The number of fused-ring (bicyclic) bond motifs is 1. The number of sulfonamides is 1. The Bertz CT molecular complexity index is 1630. The van der Waals surface area contributed by atoms with E-state index in [2.05, 4.69) is 25.3 Å². The number of nitrogens with one attached hydrogen (secondary N) is 2. The van der Waals surface area contributed by atoms with Gasteiger partial charge in [0.15, 0.2) is 5.65 Å². The first kappa shape index (κ1) is 25.8. The van der Waals surface area contributed by atoms with Crippen LogP contribution in [0.15, 0.2) is 70.9 Å². The number of anilines is 1. The smallest absolute Gasteiger partial charge is 0.390 e. The van der Waals surface area contributed by atoms with Gasteiger partial charge in [-0.3, -0.25) is 4.79 Å². The molecule has 0 amide bonds. The number of rotatable bonds is 5. The summed E-state index contributed by atoms with van der Waals surface area (Å²) < 4.78 is 65.8. The topological polar surface area (TPSA) is 141 Å². The third-order valence-electron chi connectivity index (χ3n) is 6.29. The highest BCUT2D eigenvalue weighted by molar-refractivity contribution is 7.89. The molecule has 10 nitrogen and oxygen atoms in total. The largest absolute Gasteiger partial charge is 0.417 e. The Balaban J connectivity index is 1.27. The number of β-amino-alcohol motifs (C(OH)–C–C–N with tert-alkyl or cyclic N) is 1. The Morgan fingerprint density at radius 2 is 1.79 bits per heavy atom. The number of nitrogens with zero attached hydrogens (tertiary/aromatic N) is 4. The van der Waals surface area contributed by atoms with Gasteiger partial charge in [0.2, 0.25) is 10.0 Å². The number of aromatic amines is 1. The predicted octanol–water partition coefficient (Wildman–Crippen LogP) is 2.63. The Hall–Kier alpha value is -3.88. The summed E-state index contributed by atoms with van der Waals surface area (Å²) in [4.78, 5) is 26.5. The molecule has 4 heterocycles. The molecule has 1 aromatic carbocycles. The van der Waals surface area contributed by atoms with Crippen LogP contribution >= 0.6 is 0 Å². The molecule has 198 valence electrons. The quantitative estimate of drug-likeness (QED) is 0.347. The number of aliphatic hydroxyl groups is 1. The van der Waals surface area contributed by atoms with E-state index >= 15 is 0 Å². The second-order valence-corrected chi connectivity index (χ2v) is 10.7. The van der Waals surface area contributed by atoms with E-state index in [1.54, 1.807) is 18.2 Å². The summed E-state index contributed by atoms with van der Waals surface area (Å²) in [5.74, 6) is 0.148. The Morgan fingerprint density at radius 3 is 2.45 bits per heavy atom. The molecular weight excluding hydrogens is 525 g/mol. The molecule has 5 rings (SSSR count). The SMILES string of the molecule is O=c1[nH]cnc2ncc(-c3ccc(S(=O)(=O)N4CC[C@@H](Nc5ccc(C(F)(F)F)cn5)[C@@H](O)C4)cc3)cc12. The van der Waals surface area contributed by atoms with Gasteiger partial charge in [-0.05, 0) is 42.3 Å². The van der Waals surface area contributed by atoms with E-state index in [9.17, 15) is 31.5 Å². The van der Waals surface area contributed by atoms with Gasteiger partial charge in [-0.1, -0.05) is 12.1 Å². The zero-order chi connectivity index (χ0) is 27.1. The van der Waals surface area contributed by atoms with Crippen molar-refractivity contribution in [3.63, 3.8) is 0 Å². The first-order valence-corrected chi connectivity index (χ1v) is 12.9. The number of piperidine rings is 1. The fraction of sp³-hybridized carbons (Fsp3) is 0.250. The number of hydrogen-bond acceptors (Lipinski definition) is 8. The molecule has 14 heteroatoms. The number of hydrogen-bond donors (Lipinski definition) is 3. The van der Waals surface area contributed by atoms with Gasteiger partial charge in [0.25, 0.3) is 5.56 Å². The van der Waals surface area contributed by atoms with Crippen molar-refractivity contribution in [3.8, 4) is 11.1 Å². The van der Waals surface area contributed by atoms with Crippen molar-refractivity contribution >= 4 is 26.9 Å². The van der Waals surface area contributed by atoms with Crippen molar-refractivity contribution in [1.29, 1.82) is 0 Å². The molecular formula is C24H21F3N6O4S. The predicted molar refractivity (Wildman–Crippen MR) is 132 cm³/mol. The van der Waals surface area contributed by atoms with Gasteiger partial charge >= 0.3 is 6.18 Å². The van der Waals surface area contributed by atoms with Crippen LogP contribution in [0.2, 0.25) is 0 Å². The van der Waals surface area contributed by atoms with Crippen LogP contribution in [0.4, 0.5) is 19.0 Å². The van der Waals surface area contributed by atoms with Crippen LogP contribution in [0.5, 0.6) is 0 Å². The Kier molecular flexibility index (Phi) is 6.63. The van der Waals surface area contributed by atoms with Crippen LogP contribution in [0.25, 0.3) is 22.2 Å². The van der Waals surface area contributed by atoms with E-state index in [0.717, 1.165) is 16.4 Å². The summed E-state index contributed by atoms with van der Waals surface area (Å²) >= 11 is 0. The Labute approximate surface area is 214 Å². The van der Waals surface area contributed by atoms with E-state index in [1.807, 2.05) is 0 Å². The number of halogens is 3. The normalized spacial score (nSPS) is 18.9. The fourth-order valence-corrected chi connectivity index (χ4v) is 5.68. The van der Waals surface area contributed by atoms with Crippen molar-refractivity contribution in [3.05, 3.63) is 77.1 Å². The first-order valence-electron chi connectivity index (χ1n) is 11.4. The van der Waals surface area contributed by atoms with Crippen molar-refractivity contribution in [2.24, 2.45) is 0 Å². The number of aliphatic hydroxyl groups excluding tert-OH is 1. The highest BCUT2D eigenvalue weighted by Gasteiger charge is 2.35. The van der Waals surface area contributed by atoms with Crippen LogP contribution in [0.3, 0.4) is 0 Å². The van der Waals surface area contributed by atoms with Gasteiger partial charge in [-0.15, -0.1) is 0 Å². The summed E-state index contributed by atoms with van der Waals surface area (Å²) in [7, 11) is -3.93. The number of pyridine rings is 2. The number of benzene rings is 1. The van der Waals surface area contributed by atoms with Crippen molar-refractivity contribution in [2.45, 2.75) is 29.6 Å². The summed E-state index contributed by atoms with van der Waals surface area (Å²) in [6.45, 7) is -0.115. The van der Waals surface area contributed by atoms with E-state index < -0.39 is 33.9 Å². The second kappa shape index (κ2) is 9.78.